The Balaban J connectivity index is 3.26. The molecule has 1 aromatic carbocycles. The third kappa shape index (κ3) is 6.86. The van der Waals surface area contributed by atoms with E-state index >= 15 is 0 Å². The Kier molecular flexibility index (Phi) is 5.84. The molecule has 0 aliphatic heterocycles. The number of benzene rings is 1. The van der Waals surface area contributed by atoms with Crippen LogP contribution in [0.1, 0.15) is 32.4 Å². The first-order valence-electron chi connectivity index (χ1n) is 6.85. The molecule has 0 aliphatic rings. The number of hydrogen-bond donors (Lipinski definition) is 2. The minimum atomic E-state index is -3.75. The zero-order chi connectivity index (χ0) is 18.1. The van der Waals surface area contributed by atoms with Crippen LogP contribution in [0.3, 0.4) is 0 Å². The Labute approximate surface area is 137 Å². The van der Waals surface area contributed by atoms with Gasteiger partial charge in [0.1, 0.15) is 16.7 Å². The number of phenolic OH excluding ortho intramolecular Hbond substituents is 1. The van der Waals surface area contributed by atoms with Crippen LogP contribution in [-0.2, 0) is 24.1 Å². The summed E-state index contributed by atoms with van der Waals surface area (Å²) >= 11 is 0. The monoisotopic (exact) mass is 365 g/mol. The van der Waals surface area contributed by atoms with Crippen LogP contribution in [0.4, 0.5) is 0 Å². The predicted octanol–water partition coefficient (Wildman–Crippen LogP) is 1.20. The highest BCUT2D eigenvalue weighted by molar-refractivity contribution is 7.90. The van der Waals surface area contributed by atoms with Crippen molar-refractivity contribution in [1.29, 1.82) is 0 Å². The van der Waals surface area contributed by atoms with Crippen LogP contribution in [0.5, 0.6) is 5.75 Å². The summed E-state index contributed by atoms with van der Waals surface area (Å²) in [6.07, 6.45) is 0.978. The van der Waals surface area contributed by atoms with Crippen molar-refractivity contribution in [1.82, 2.24) is 5.32 Å². The lowest BCUT2D eigenvalue weighted by Crippen LogP contribution is -2.39. The highest BCUT2D eigenvalue weighted by Crippen LogP contribution is 2.28. The lowest BCUT2D eigenvalue weighted by Gasteiger charge is -2.25. The van der Waals surface area contributed by atoms with Crippen molar-refractivity contribution in [3.63, 3.8) is 0 Å². The minimum Gasteiger partial charge on any atom is -0.507 e. The summed E-state index contributed by atoms with van der Waals surface area (Å²) in [6.45, 7) is 5.88. The van der Waals surface area contributed by atoms with Crippen molar-refractivity contribution in [2.45, 2.75) is 37.3 Å². The molecule has 0 heterocycles. The van der Waals surface area contributed by atoms with Crippen LogP contribution in [0.25, 0.3) is 0 Å². The second-order valence-electron chi connectivity index (χ2n) is 6.42. The molecule has 0 bridgehead atoms. The van der Waals surface area contributed by atoms with Crippen molar-refractivity contribution in [3.8, 4) is 5.75 Å². The fourth-order valence-electron chi connectivity index (χ4n) is 1.85. The Morgan fingerprint density at radius 3 is 2.17 bits per heavy atom. The fourth-order valence-corrected chi connectivity index (χ4v) is 3.24. The van der Waals surface area contributed by atoms with Gasteiger partial charge in [0.2, 0.25) is 0 Å². The molecular formula is C14H23NO6S2. The summed E-state index contributed by atoms with van der Waals surface area (Å²) in [5, 5.41) is 12.8. The molecule has 0 amide bonds. The van der Waals surface area contributed by atoms with Gasteiger partial charge in [-0.15, -0.1) is 0 Å². The van der Waals surface area contributed by atoms with E-state index < -0.39 is 31.8 Å². The molecular weight excluding hydrogens is 342 g/mol. The maximum Gasteiger partial charge on any atom is 0.265 e. The first-order chi connectivity index (χ1) is 10.2. The van der Waals surface area contributed by atoms with Crippen LogP contribution in [0, 0.1) is 0 Å². The Bertz CT molecular complexity index is 763. The van der Waals surface area contributed by atoms with Gasteiger partial charge < -0.3 is 10.4 Å². The third-order valence-corrected chi connectivity index (χ3v) is 4.57. The third-order valence-electron chi connectivity index (χ3n) is 2.86. The lowest BCUT2D eigenvalue weighted by atomic mass is 10.1. The molecule has 7 nitrogen and oxygen atoms in total. The SMILES string of the molecule is CC(C)(C)NCC(OS(C)(=O)=O)c1ccc(O)c(S(C)(=O)=O)c1. The number of aromatic hydroxyl groups is 1. The molecule has 9 heteroatoms. The zero-order valence-electron chi connectivity index (χ0n) is 13.8. The van der Waals surface area contributed by atoms with Crippen LogP contribution >= 0.6 is 0 Å². The molecule has 132 valence electrons. The van der Waals surface area contributed by atoms with Crippen molar-refractivity contribution in [2.75, 3.05) is 19.1 Å². The summed E-state index contributed by atoms with van der Waals surface area (Å²) < 4.78 is 51.4. The standard InChI is InChI=1S/C14H23NO6S2/c1-14(2,3)15-9-12(21-23(5,19)20)10-6-7-11(16)13(8-10)22(4,17)18/h6-8,12,15-16H,9H2,1-5H3. The summed E-state index contributed by atoms with van der Waals surface area (Å²) in [5.74, 6) is -0.391. The number of rotatable bonds is 6. The zero-order valence-corrected chi connectivity index (χ0v) is 15.5. The van der Waals surface area contributed by atoms with Gasteiger partial charge in [-0.2, -0.15) is 8.42 Å². The normalized spacial score (nSPS) is 14.7. The smallest absolute Gasteiger partial charge is 0.265 e. The summed E-state index contributed by atoms with van der Waals surface area (Å²) in [5.41, 5.74) is 0.0563. The number of phenols is 1. The Morgan fingerprint density at radius 2 is 1.74 bits per heavy atom. The molecule has 1 rings (SSSR count). The van der Waals surface area contributed by atoms with Gasteiger partial charge in [-0.3, -0.25) is 4.18 Å². The highest BCUT2D eigenvalue weighted by Gasteiger charge is 2.23. The van der Waals surface area contributed by atoms with E-state index in [9.17, 15) is 21.9 Å². The van der Waals surface area contributed by atoms with E-state index in [1.54, 1.807) is 0 Å². The number of sulfone groups is 1. The molecule has 0 spiro atoms. The van der Waals surface area contributed by atoms with Crippen molar-refractivity contribution in [3.05, 3.63) is 23.8 Å². The van der Waals surface area contributed by atoms with Gasteiger partial charge in [-0.05, 0) is 38.5 Å². The Hall–Kier alpha value is -1.16. The molecule has 0 fully saturated rings. The highest BCUT2D eigenvalue weighted by atomic mass is 32.2. The quantitative estimate of drug-likeness (QED) is 0.729. The van der Waals surface area contributed by atoms with Crippen LogP contribution < -0.4 is 5.32 Å². The second kappa shape index (κ2) is 6.76. The molecule has 1 unspecified atom stereocenters. The van der Waals surface area contributed by atoms with Crippen LogP contribution in [-0.4, -0.2) is 46.5 Å². The van der Waals surface area contributed by atoms with Gasteiger partial charge in [0, 0.05) is 18.3 Å². The molecule has 0 aliphatic carbocycles. The van der Waals surface area contributed by atoms with Crippen molar-refractivity contribution >= 4 is 20.0 Å². The van der Waals surface area contributed by atoms with Gasteiger partial charge in [0.25, 0.3) is 10.1 Å². The summed E-state index contributed by atoms with van der Waals surface area (Å²) in [4.78, 5) is -0.271. The molecule has 0 saturated carbocycles. The van der Waals surface area contributed by atoms with E-state index in [2.05, 4.69) is 5.32 Å². The first-order valence-corrected chi connectivity index (χ1v) is 10.6. The van der Waals surface area contributed by atoms with E-state index in [1.807, 2.05) is 20.8 Å². The van der Waals surface area contributed by atoms with Gasteiger partial charge in [0.15, 0.2) is 9.84 Å². The van der Waals surface area contributed by atoms with Crippen molar-refractivity contribution in [2.24, 2.45) is 0 Å². The van der Waals surface area contributed by atoms with E-state index in [0.29, 0.717) is 5.56 Å². The molecule has 1 aromatic rings. The average Bonchev–Trinajstić information content (AvgIpc) is 2.31. The van der Waals surface area contributed by atoms with E-state index in [0.717, 1.165) is 12.5 Å². The van der Waals surface area contributed by atoms with Gasteiger partial charge in [-0.25, -0.2) is 8.42 Å². The lowest BCUT2D eigenvalue weighted by molar-refractivity contribution is 0.197. The predicted molar refractivity (Wildman–Crippen MR) is 87.6 cm³/mol. The van der Waals surface area contributed by atoms with E-state index in [4.69, 9.17) is 4.18 Å². The van der Waals surface area contributed by atoms with Crippen LogP contribution in [0.15, 0.2) is 23.1 Å². The van der Waals surface area contributed by atoms with Gasteiger partial charge >= 0.3 is 0 Å². The molecule has 23 heavy (non-hydrogen) atoms. The summed E-state index contributed by atoms with van der Waals surface area (Å²) in [7, 11) is -7.40. The van der Waals surface area contributed by atoms with Crippen LogP contribution in [0.2, 0.25) is 0 Å². The fraction of sp³-hybridized carbons (Fsp3) is 0.571. The van der Waals surface area contributed by atoms with E-state index in [-0.39, 0.29) is 17.0 Å². The van der Waals surface area contributed by atoms with Gasteiger partial charge in [0.05, 0.1) is 6.26 Å². The molecule has 0 radical (unpaired) electrons. The number of nitrogens with one attached hydrogen (secondary N) is 1. The Morgan fingerprint density at radius 1 is 1.17 bits per heavy atom. The first kappa shape index (κ1) is 19.9. The maximum atomic E-state index is 11.7. The van der Waals surface area contributed by atoms with Crippen molar-refractivity contribution < 1.29 is 26.1 Å². The largest absolute Gasteiger partial charge is 0.507 e. The number of hydrogen-bond acceptors (Lipinski definition) is 7. The molecule has 2 N–H and O–H groups in total. The average molecular weight is 365 g/mol. The maximum absolute atomic E-state index is 11.7. The minimum absolute atomic E-state index is 0.157. The molecule has 0 saturated heterocycles. The van der Waals surface area contributed by atoms with E-state index in [1.165, 1.54) is 18.2 Å². The topological polar surface area (TPSA) is 110 Å². The molecule has 1 atom stereocenters. The molecule has 0 aromatic heterocycles. The summed E-state index contributed by atoms with van der Waals surface area (Å²) in [6, 6.07) is 3.87. The second-order valence-corrected chi connectivity index (χ2v) is 10.0. The van der Waals surface area contributed by atoms with Gasteiger partial charge in [-0.1, -0.05) is 6.07 Å².